The highest BCUT2D eigenvalue weighted by Crippen LogP contribution is 2.33. The summed E-state index contributed by atoms with van der Waals surface area (Å²) in [6.07, 6.45) is -13.9. The van der Waals surface area contributed by atoms with Crippen molar-refractivity contribution in [3.8, 4) is 5.88 Å². The molecular formula is C15H9F9N4O2. The molecule has 0 aromatic carbocycles. The zero-order valence-corrected chi connectivity index (χ0v) is 14.2. The van der Waals surface area contributed by atoms with Crippen LogP contribution in [0.25, 0.3) is 0 Å². The number of carbonyl (C=O) groups is 1. The van der Waals surface area contributed by atoms with E-state index in [2.05, 4.69) is 14.7 Å². The second-order valence-corrected chi connectivity index (χ2v) is 5.49. The van der Waals surface area contributed by atoms with Gasteiger partial charge in [0, 0.05) is 6.07 Å². The molecule has 0 radical (unpaired) electrons. The predicted octanol–water partition coefficient (Wildman–Crippen LogP) is 5.10. The Hall–Kier alpha value is -3.26. The van der Waals surface area contributed by atoms with Crippen molar-refractivity contribution < 1.29 is 49.0 Å². The number of halogens is 9. The Kier molecular flexibility index (Phi) is 6.32. The summed E-state index contributed by atoms with van der Waals surface area (Å²) in [6, 6.07) is 0.651. The summed E-state index contributed by atoms with van der Waals surface area (Å²) in [4.78, 5) is 18.2. The molecule has 0 saturated carbocycles. The molecule has 15 heteroatoms. The number of amides is 2. The summed E-state index contributed by atoms with van der Waals surface area (Å²) in [5.41, 5.74) is -2.96. The predicted molar refractivity (Wildman–Crippen MR) is 82.7 cm³/mol. The molecule has 0 aliphatic heterocycles. The smallest absolute Gasteiger partial charge is 0.433 e. The molecule has 164 valence electrons. The number of carbonyl (C=O) groups excluding carboxylic acids is 1. The first-order chi connectivity index (χ1) is 13.6. The Morgan fingerprint density at radius 3 is 2.10 bits per heavy atom. The first kappa shape index (κ1) is 23.0. The Morgan fingerprint density at radius 1 is 0.933 bits per heavy atom. The number of hydrogen-bond donors (Lipinski definition) is 2. The van der Waals surface area contributed by atoms with E-state index in [0.717, 1.165) is 6.07 Å². The molecule has 30 heavy (non-hydrogen) atoms. The lowest BCUT2D eigenvalue weighted by atomic mass is 10.2. The first-order valence-electron chi connectivity index (χ1n) is 7.53. The number of alkyl halides is 9. The molecule has 0 spiro atoms. The van der Waals surface area contributed by atoms with Gasteiger partial charge in [0.15, 0.2) is 6.61 Å². The fourth-order valence-electron chi connectivity index (χ4n) is 1.88. The van der Waals surface area contributed by atoms with E-state index in [0.29, 0.717) is 18.3 Å². The normalized spacial score (nSPS) is 12.4. The monoisotopic (exact) mass is 448 g/mol. The minimum absolute atomic E-state index is 0.203. The lowest BCUT2D eigenvalue weighted by Gasteiger charge is -2.14. The van der Waals surface area contributed by atoms with Gasteiger partial charge in [-0.05, 0) is 18.2 Å². The number of rotatable bonds is 4. The lowest BCUT2D eigenvalue weighted by Crippen LogP contribution is -2.22. The molecule has 0 saturated heterocycles. The Morgan fingerprint density at radius 2 is 1.60 bits per heavy atom. The standard InChI is InChI=1S/C15H9F9N4O2/c16-13(17,18)6-30-11-4-7(14(19,20)21)3-10(27-11)28-12(29)26-8-1-2-9(25-5-8)15(22,23)24/h1-5H,6H2,(H2,26,27,28,29). The third-order valence-electron chi connectivity index (χ3n) is 3.07. The molecule has 2 N–H and O–H groups in total. The van der Waals surface area contributed by atoms with E-state index in [4.69, 9.17) is 0 Å². The number of nitrogens with zero attached hydrogens (tertiary/aromatic N) is 2. The topological polar surface area (TPSA) is 76.1 Å². The average molecular weight is 448 g/mol. The van der Waals surface area contributed by atoms with Gasteiger partial charge in [0.1, 0.15) is 11.5 Å². The van der Waals surface area contributed by atoms with E-state index in [1.54, 1.807) is 0 Å². The van der Waals surface area contributed by atoms with Crippen LogP contribution >= 0.6 is 0 Å². The van der Waals surface area contributed by atoms with E-state index in [1.165, 1.54) is 0 Å². The number of nitrogens with one attached hydrogen (secondary N) is 2. The number of aromatic nitrogens is 2. The Labute approximate surface area is 161 Å². The summed E-state index contributed by atoms with van der Waals surface area (Å²) in [5, 5.41) is 3.79. The number of urea groups is 1. The van der Waals surface area contributed by atoms with Crippen LogP contribution in [0.2, 0.25) is 0 Å². The van der Waals surface area contributed by atoms with Crippen LogP contribution in [0.1, 0.15) is 11.3 Å². The second kappa shape index (κ2) is 8.23. The van der Waals surface area contributed by atoms with Gasteiger partial charge < -0.3 is 10.1 Å². The molecule has 0 bridgehead atoms. The van der Waals surface area contributed by atoms with Crippen LogP contribution in [0.5, 0.6) is 5.88 Å². The van der Waals surface area contributed by atoms with Crippen molar-refractivity contribution in [2.24, 2.45) is 0 Å². The van der Waals surface area contributed by atoms with Crippen molar-refractivity contribution >= 4 is 17.5 Å². The summed E-state index contributed by atoms with van der Waals surface area (Å²) in [6.45, 7) is -1.93. The van der Waals surface area contributed by atoms with Crippen LogP contribution in [-0.2, 0) is 12.4 Å². The van der Waals surface area contributed by atoms with Crippen LogP contribution in [0, 0.1) is 0 Å². The van der Waals surface area contributed by atoms with E-state index < -0.39 is 54.1 Å². The van der Waals surface area contributed by atoms with Crippen molar-refractivity contribution in [3.05, 3.63) is 41.7 Å². The van der Waals surface area contributed by atoms with Gasteiger partial charge in [-0.25, -0.2) is 9.78 Å². The van der Waals surface area contributed by atoms with Gasteiger partial charge in [-0.1, -0.05) is 0 Å². The second-order valence-electron chi connectivity index (χ2n) is 5.49. The number of pyridine rings is 2. The van der Waals surface area contributed by atoms with E-state index in [1.807, 2.05) is 10.6 Å². The molecule has 0 aliphatic rings. The Bertz CT molecular complexity index is 893. The van der Waals surface area contributed by atoms with Crippen LogP contribution in [0.4, 0.5) is 55.8 Å². The van der Waals surface area contributed by atoms with Crippen molar-refractivity contribution in [1.82, 2.24) is 9.97 Å². The fraction of sp³-hybridized carbons (Fsp3) is 0.267. The molecule has 2 rings (SSSR count). The van der Waals surface area contributed by atoms with Gasteiger partial charge in [-0.3, -0.25) is 5.32 Å². The molecular weight excluding hydrogens is 439 g/mol. The summed E-state index contributed by atoms with van der Waals surface area (Å²) in [5.74, 6) is -1.88. The Balaban J connectivity index is 2.16. The average Bonchev–Trinajstić information content (AvgIpc) is 2.58. The third kappa shape index (κ3) is 6.97. The van der Waals surface area contributed by atoms with Crippen LogP contribution in [0.3, 0.4) is 0 Å². The quantitative estimate of drug-likeness (QED) is 0.639. The number of ether oxygens (including phenoxy) is 1. The first-order valence-corrected chi connectivity index (χ1v) is 7.53. The van der Waals surface area contributed by atoms with Gasteiger partial charge in [0.25, 0.3) is 0 Å². The minimum atomic E-state index is -5.00. The largest absolute Gasteiger partial charge is 0.468 e. The van der Waals surface area contributed by atoms with Crippen molar-refractivity contribution in [2.75, 3.05) is 17.2 Å². The molecule has 2 heterocycles. The number of anilines is 2. The summed E-state index contributed by atoms with van der Waals surface area (Å²) in [7, 11) is 0. The zero-order valence-electron chi connectivity index (χ0n) is 14.2. The third-order valence-corrected chi connectivity index (χ3v) is 3.07. The van der Waals surface area contributed by atoms with E-state index >= 15 is 0 Å². The van der Waals surface area contributed by atoms with E-state index in [9.17, 15) is 44.3 Å². The van der Waals surface area contributed by atoms with Crippen molar-refractivity contribution in [1.29, 1.82) is 0 Å². The van der Waals surface area contributed by atoms with E-state index in [-0.39, 0.29) is 11.8 Å². The van der Waals surface area contributed by atoms with Gasteiger partial charge in [0.05, 0.1) is 17.4 Å². The van der Waals surface area contributed by atoms with Gasteiger partial charge >= 0.3 is 24.6 Å². The fourth-order valence-corrected chi connectivity index (χ4v) is 1.88. The zero-order chi connectivity index (χ0) is 22.7. The molecule has 2 amide bonds. The highest BCUT2D eigenvalue weighted by Gasteiger charge is 2.34. The van der Waals surface area contributed by atoms with Crippen molar-refractivity contribution in [2.45, 2.75) is 18.5 Å². The van der Waals surface area contributed by atoms with Crippen LogP contribution < -0.4 is 15.4 Å². The number of hydrogen-bond acceptors (Lipinski definition) is 4. The maximum Gasteiger partial charge on any atom is 0.433 e. The van der Waals surface area contributed by atoms with Crippen LogP contribution in [-0.4, -0.2) is 28.8 Å². The maximum atomic E-state index is 12.9. The van der Waals surface area contributed by atoms with Gasteiger partial charge in [0.2, 0.25) is 5.88 Å². The highest BCUT2D eigenvalue weighted by molar-refractivity contribution is 5.99. The molecule has 2 aromatic heterocycles. The van der Waals surface area contributed by atoms with Crippen LogP contribution in [0.15, 0.2) is 30.5 Å². The molecule has 0 atom stereocenters. The lowest BCUT2D eigenvalue weighted by molar-refractivity contribution is -0.154. The summed E-state index contributed by atoms with van der Waals surface area (Å²) >= 11 is 0. The van der Waals surface area contributed by atoms with Gasteiger partial charge in [-0.2, -0.15) is 44.5 Å². The van der Waals surface area contributed by atoms with Gasteiger partial charge in [-0.15, -0.1) is 0 Å². The molecule has 0 aliphatic carbocycles. The molecule has 0 fully saturated rings. The minimum Gasteiger partial charge on any atom is -0.468 e. The highest BCUT2D eigenvalue weighted by atomic mass is 19.4. The molecule has 0 unspecified atom stereocenters. The van der Waals surface area contributed by atoms with Crippen molar-refractivity contribution in [3.63, 3.8) is 0 Å². The summed E-state index contributed by atoms with van der Waals surface area (Å²) < 4.78 is 117. The maximum absolute atomic E-state index is 12.9. The molecule has 2 aromatic rings. The SMILES string of the molecule is O=C(Nc1ccc(C(F)(F)F)nc1)Nc1cc(C(F)(F)F)cc(OCC(F)(F)F)n1. The molecule has 6 nitrogen and oxygen atoms in total.